The minimum Gasteiger partial charge on any atom is -0.475 e. The molecule has 1 amide bonds. The first-order valence-electron chi connectivity index (χ1n) is 8.69. The van der Waals surface area contributed by atoms with Gasteiger partial charge in [-0.05, 0) is 29.8 Å². The lowest BCUT2D eigenvalue weighted by atomic mass is 10.1. The van der Waals surface area contributed by atoms with E-state index in [2.05, 4.69) is 15.4 Å². The summed E-state index contributed by atoms with van der Waals surface area (Å²) in [6, 6.07) is 14.3. The van der Waals surface area contributed by atoms with Crippen LogP contribution in [-0.4, -0.2) is 39.8 Å². The summed E-state index contributed by atoms with van der Waals surface area (Å²) < 4.78 is 20.2. The van der Waals surface area contributed by atoms with Gasteiger partial charge in [0.15, 0.2) is 6.10 Å². The summed E-state index contributed by atoms with van der Waals surface area (Å²) >= 11 is 0. The van der Waals surface area contributed by atoms with Gasteiger partial charge in [0.25, 0.3) is 5.91 Å². The van der Waals surface area contributed by atoms with Crippen molar-refractivity contribution < 1.29 is 19.0 Å². The SMILES string of the molecule is O=C(Nc1c(C2=NCCO2)cnn1-c1ccc(F)cc1)C(O)c1ccccc1. The quantitative estimate of drug-likeness (QED) is 0.712. The van der Waals surface area contributed by atoms with Crippen molar-refractivity contribution >= 4 is 17.6 Å². The van der Waals surface area contributed by atoms with Crippen molar-refractivity contribution in [3.8, 4) is 5.69 Å². The number of halogens is 1. The van der Waals surface area contributed by atoms with Crippen LogP contribution in [0.5, 0.6) is 0 Å². The lowest BCUT2D eigenvalue weighted by Crippen LogP contribution is -2.23. The largest absolute Gasteiger partial charge is 0.475 e. The number of carbonyl (C=O) groups excluding carboxylic acids is 1. The third kappa shape index (κ3) is 3.49. The predicted molar refractivity (Wildman–Crippen MR) is 101 cm³/mol. The molecule has 2 aromatic carbocycles. The maximum Gasteiger partial charge on any atom is 0.259 e. The Labute approximate surface area is 160 Å². The number of rotatable bonds is 5. The normalized spacial score (nSPS) is 14.3. The third-order valence-corrected chi connectivity index (χ3v) is 4.26. The van der Waals surface area contributed by atoms with E-state index in [9.17, 15) is 14.3 Å². The molecule has 7 nitrogen and oxygen atoms in total. The Hall–Kier alpha value is -3.52. The summed E-state index contributed by atoms with van der Waals surface area (Å²) in [5, 5.41) is 17.4. The molecular weight excluding hydrogens is 363 g/mol. The van der Waals surface area contributed by atoms with Crippen LogP contribution in [0.3, 0.4) is 0 Å². The summed E-state index contributed by atoms with van der Waals surface area (Å²) in [7, 11) is 0. The van der Waals surface area contributed by atoms with Gasteiger partial charge >= 0.3 is 0 Å². The zero-order valence-electron chi connectivity index (χ0n) is 14.7. The van der Waals surface area contributed by atoms with E-state index in [1.165, 1.54) is 35.1 Å². The number of aliphatic hydroxyl groups is 1. The number of nitrogens with zero attached hydrogens (tertiary/aromatic N) is 3. The van der Waals surface area contributed by atoms with Crippen molar-refractivity contribution in [2.75, 3.05) is 18.5 Å². The van der Waals surface area contributed by atoms with Crippen molar-refractivity contribution in [2.24, 2.45) is 4.99 Å². The molecule has 28 heavy (non-hydrogen) atoms. The van der Waals surface area contributed by atoms with Crippen molar-refractivity contribution in [3.63, 3.8) is 0 Å². The van der Waals surface area contributed by atoms with Gasteiger partial charge in [-0.3, -0.25) is 4.79 Å². The summed E-state index contributed by atoms with van der Waals surface area (Å²) in [4.78, 5) is 16.9. The Morgan fingerprint density at radius 1 is 1.18 bits per heavy atom. The third-order valence-electron chi connectivity index (χ3n) is 4.26. The highest BCUT2D eigenvalue weighted by Crippen LogP contribution is 2.25. The summed E-state index contributed by atoms with van der Waals surface area (Å²) in [5.41, 5.74) is 1.48. The molecule has 2 N–H and O–H groups in total. The summed E-state index contributed by atoms with van der Waals surface area (Å²) in [6.45, 7) is 0.953. The number of hydrogen-bond donors (Lipinski definition) is 2. The highest BCUT2D eigenvalue weighted by molar-refractivity contribution is 6.04. The van der Waals surface area contributed by atoms with Crippen LogP contribution in [0.25, 0.3) is 5.69 Å². The molecule has 0 aliphatic carbocycles. The minimum atomic E-state index is -1.36. The van der Waals surface area contributed by atoms with Gasteiger partial charge in [0.1, 0.15) is 18.2 Å². The first kappa shape index (κ1) is 17.9. The van der Waals surface area contributed by atoms with Gasteiger partial charge in [0.05, 0.1) is 24.0 Å². The fourth-order valence-corrected chi connectivity index (χ4v) is 2.87. The summed E-state index contributed by atoms with van der Waals surface area (Å²) in [6.07, 6.45) is 0.148. The van der Waals surface area contributed by atoms with E-state index in [1.54, 1.807) is 30.3 Å². The monoisotopic (exact) mass is 380 g/mol. The van der Waals surface area contributed by atoms with E-state index in [0.29, 0.717) is 35.9 Å². The molecule has 0 spiro atoms. The van der Waals surface area contributed by atoms with Crippen LogP contribution in [-0.2, 0) is 9.53 Å². The van der Waals surface area contributed by atoms with Crippen LogP contribution in [0, 0.1) is 5.82 Å². The van der Waals surface area contributed by atoms with E-state index < -0.39 is 12.0 Å². The second kappa shape index (κ2) is 7.61. The Morgan fingerprint density at radius 2 is 1.93 bits per heavy atom. The summed E-state index contributed by atoms with van der Waals surface area (Å²) in [5.74, 6) is -0.371. The average molecular weight is 380 g/mol. The number of hydrogen-bond acceptors (Lipinski definition) is 5. The number of benzene rings is 2. The van der Waals surface area contributed by atoms with Gasteiger partial charge < -0.3 is 15.2 Å². The first-order valence-corrected chi connectivity index (χ1v) is 8.69. The average Bonchev–Trinajstić information content (AvgIpc) is 3.38. The van der Waals surface area contributed by atoms with Gasteiger partial charge in [-0.1, -0.05) is 30.3 Å². The second-order valence-electron chi connectivity index (χ2n) is 6.13. The van der Waals surface area contributed by atoms with Crippen molar-refractivity contribution in [1.29, 1.82) is 0 Å². The van der Waals surface area contributed by atoms with E-state index in [4.69, 9.17) is 4.74 Å². The minimum absolute atomic E-state index is 0.284. The molecule has 0 radical (unpaired) electrons. The maximum atomic E-state index is 13.3. The molecule has 1 unspecified atom stereocenters. The van der Waals surface area contributed by atoms with Crippen LogP contribution < -0.4 is 5.32 Å². The van der Waals surface area contributed by atoms with Crippen LogP contribution in [0.1, 0.15) is 17.2 Å². The molecular formula is C20H17FN4O3. The number of carbonyl (C=O) groups is 1. The molecule has 1 aromatic heterocycles. The van der Waals surface area contributed by atoms with Crippen LogP contribution in [0.2, 0.25) is 0 Å². The number of anilines is 1. The number of nitrogens with one attached hydrogen (secondary N) is 1. The van der Waals surface area contributed by atoms with Gasteiger partial charge in [-0.25, -0.2) is 14.1 Å². The van der Waals surface area contributed by atoms with Gasteiger partial charge in [0, 0.05) is 0 Å². The fraction of sp³-hybridized carbons (Fsp3) is 0.150. The Morgan fingerprint density at radius 3 is 2.61 bits per heavy atom. The predicted octanol–water partition coefficient (Wildman–Crippen LogP) is 2.46. The van der Waals surface area contributed by atoms with E-state index in [1.807, 2.05) is 0 Å². The molecule has 1 atom stereocenters. The van der Waals surface area contributed by atoms with E-state index in [0.717, 1.165) is 0 Å². The lowest BCUT2D eigenvalue weighted by Gasteiger charge is -2.14. The Bertz CT molecular complexity index is 1020. The van der Waals surface area contributed by atoms with E-state index >= 15 is 0 Å². The van der Waals surface area contributed by atoms with Gasteiger partial charge in [0.2, 0.25) is 5.90 Å². The van der Waals surface area contributed by atoms with Crippen LogP contribution >= 0.6 is 0 Å². The molecule has 3 aromatic rings. The van der Waals surface area contributed by atoms with Gasteiger partial charge in [-0.2, -0.15) is 5.10 Å². The molecule has 8 heteroatoms. The lowest BCUT2D eigenvalue weighted by molar-refractivity contribution is -0.124. The highest BCUT2D eigenvalue weighted by atomic mass is 19.1. The molecule has 4 rings (SSSR count). The maximum absolute atomic E-state index is 13.3. The Kier molecular flexibility index (Phi) is 4.86. The molecule has 1 aliphatic heterocycles. The molecule has 0 bridgehead atoms. The highest BCUT2D eigenvalue weighted by Gasteiger charge is 2.25. The topological polar surface area (TPSA) is 88.7 Å². The van der Waals surface area contributed by atoms with Gasteiger partial charge in [-0.15, -0.1) is 0 Å². The van der Waals surface area contributed by atoms with Crippen molar-refractivity contribution in [1.82, 2.24) is 9.78 Å². The number of ether oxygens (including phenoxy) is 1. The molecule has 0 saturated carbocycles. The standard InChI is InChI=1S/C20H17FN4O3/c21-14-6-8-15(9-7-14)25-18(16(12-23-25)20-22-10-11-28-20)24-19(27)17(26)13-4-2-1-3-5-13/h1-9,12,17,26H,10-11H2,(H,24,27). The van der Waals surface area contributed by atoms with Crippen molar-refractivity contribution in [2.45, 2.75) is 6.10 Å². The molecule has 142 valence electrons. The smallest absolute Gasteiger partial charge is 0.259 e. The molecule has 2 heterocycles. The first-order chi connectivity index (χ1) is 13.6. The van der Waals surface area contributed by atoms with Crippen molar-refractivity contribution in [3.05, 3.63) is 77.7 Å². The zero-order valence-corrected chi connectivity index (χ0v) is 14.7. The van der Waals surface area contributed by atoms with E-state index in [-0.39, 0.29) is 11.6 Å². The molecule has 0 fully saturated rings. The number of aliphatic hydroxyl groups excluding tert-OH is 1. The van der Waals surface area contributed by atoms with Crippen LogP contribution in [0.15, 0.2) is 65.8 Å². The second-order valence-corrected chi connectivity index (χ2v) is 6.13. The fourth-order valence-electron chi connectivity index (χ4n) is 2.87. The zero-order chi connectivity index (χ0) is 19.5. The Balaban J connectivity index is 1.70. The molecule has 1 aliphatic rings. The number of amides is 1. The molecule has 0 saturated heterocycles. The number of aliphatic imine (C=N–C) groups is 1. The number of aromatic nitrogens is 2. The van der Waals surface area contributed by atoms with Crippen LogP contribution in [0.4, 0.5) is 10.2 Å².